The lowest BCUT2D eigenvalue weighted by atomic mass is 10.0. The summed E-state index contributed by atoms with van der Waals surface area (Å²) >= 11 is 3.34. The summed E-state index contributed by atoms with van der Waals surface area (Å²) in [4.78, 5) is 0. The van der Waals surface area contributed by atoms with Crippen LogP contribution >= 0.6 is 15.9 Å². The number of hydrazine groups is 1. The van der Waals surface area contributed by atoms with E-state index in [-0.39, 0.29) is 0 Å². The highest BCUT2D eigenvalue weighted by molar-refractivity contribution is 9.10. The van der Waals surface area contributed by atoms with Crippen molar-refractivity contribution >= 4 is 25.8 Å². The fraction of sp³-hybridized carbons (Fsp3) is 0.667. The van der Waals surface area contributed by atoms with Crippen LogP contribution in [0.2, 0.25) is 0 Å². The number of halogens is 1. The van der Waals surface area contributed by atoms with Crippen molar-refractivity contribution in [2.45, 2.75) is 24.6 Å². The smallest absolute Gasteiger partial charge is 0.154 e. The molecule has 0 spiro atoms. The second kappa shape index (κ2) is 4.68. The van der Waals surface area contributed by atoms with E-state index in [4.69, 9.17) is 5.84 Å². The van der Waals surface area contributed by atoms with E-state index in [1.807, 2.05) is 0 Å². The molecule has 0 radical (unpaired) electrons. The van der Waals surface area contributed by atoms with Gasteiger partial charge in [-0.1, -0.05) is 0 Å². The van der Waals surface area contributed by atoms with E-state index in [0.29, 0.717) is 5.69 Å². The molecule has 1 aromatic rings. The zero-order chi connectivity index (χ0) is 13.4. The van der Waals surface area contributed by atoms with E-state index in [1.54, 1.807) is 31.8 Å². The molecule has 0 aromatic carbocycles. The van der Waals surface area contributed by atoms with E-state index < -0.39 is 20.6 Å². The Morgan fingerprint density at radius 2 is 2.12 bits per heavy atom. The Hall–Kier alpha value is -0.440. The molecule has 1 aromatic heterocycles. The Morgan fingerprint density at radius 3 is 2.41 bits per heavy atom. The summed E-state index contributed by atoms with van der Waals surface area (Å²) in [6, 6.07) is -0.556. The van der Waals surface area contributed by atoms with E-state index in [9.17, 15) is 8.42 Å². The fourth-order valence-electron chi connectivity index (χ4n) is 1.57. The number of aromatic nitrogens is 2. The average molecular weight is 325 g/mol. The zero-order valence-corrected chi connectivity index (χ0v) is 12.6. The Balaban J connectivity index is 3.36. The van der Waals surface area contributed by atoms with Crippen molar-refractivity contribution in [1.82, 2.24) is 15.2 Å². The molecule has 1 heterocycles. The molecule has 0 saturated carbocycles. The molecule has 1 atom stereocenters. The van der Waals surface area contributed by atoms with E-state index in [0.717, 1.165) is 4.47 Å². The topological polar surface area (TPSA) is 90.0 Å². The third-order valence-electron chi connectivity index (χ3n) is 3.03. The predicted molar refractivity (Wildman–Crippen MR) is 69.9 cm³/mol. The highest BCUT2D eigenvalue weighted by Crippen LogP contribution is 2.34. The Kier molecular flexibility index (Phi) is 4.02. The summed E-state index contributed by atoms with van der Waals surface area (Å²) in [7, 11) is -1.54. The highest BCUT2D eigenvalue weighted by Gasteiger charge is 2.41. The van der Waals surface area contributed by atoms with Gasteiger partial charge in [0.05, 0.1) is 27.2 Å². The summed E-state index contributed by atoms with van der Waals surface area (Å²) in [5.74, 6) is 5.51. The van der Waals surface area contributed by atoms with Crippen molar-refractivity contribution in [1.29, 1.82) is 0 Å². The van der Waals surface area contributed by atoms with Crippen molar-refractivity contribution in [3.05, 3.63) is 16.4 Å². The van der Waals surface area contributed by atoms with Crippen molar-refractivity contribution in [3.63, 3.8) is 0 Å². The van der Waals surface area contributed by atoms with Gasteiger partial charge in [0.15, 0.2) is 9.84 Å². The molecule has 98 valence electrons. The van der Waals surface area contributed by atoms with Crippen LogP contribution in [-0.4, -0.2) is 29.2 Å². The molecule has 6 nitrogen and oxygen atoms in total. The standard InChI is InChI=1S/C9H17BrN4O2S/c1-9(2,17(4,15)16)8(13-11)7-6(10)5-12-14(7)3/h5,8,13H,11H2,1-4H3. The lowest BCUT2D eigenvalue weighted by molar-refractivity contribution is 0.405. The molecule has 8 heteroatoms. The number of sulfone groups is 1. The fourth-order valence-corrected chi connectivity index (χ4v) is 2.75. The van der Waals surface area contributed by atoms with Crippen LogP contribution < -0.4 is 11.3 Å². The summed E-state index contributed by atoms with van der Waals surface area (Å²) in [6.07, 6.45) is 2.81. The maximum absolute atomic E-state index is 11.8. The zero-order valence-electron chi connectivity index (χ0n) is 10.2. The molecular formula is C9H17BrN4O2S. The van der Waals surface area contributed by atoms with E-state index in [2.05, 4.69) is 26.5 Å². The van der Waals surface area contributed by atoms with Crippen molar-refractivity contribution in [2.75, 3.05) is 6.26 Å². The van der Waals surface area contributed by atoms with Gasteiger partial charge in [-0.2, -0.15) is 5.10 Å². The number of aryl methyl sites for hydroxylation is 1. The normalized spacial score (nSPS) is 14.9. The van der Waals surface area contributed by atoms with Gasteiger partial charge in [-0.25, -0.2) is 13.8 Å². The monoisotopic (exact) mass is 324 g/mol. The molecule has 0 aliphatic rings. The van der Waals surface area contributed by atoms with Crippen LogP contribution in [0.1, 0.15) is 25.6 Å². The molecular weight excluding hydrogens is 308 g/mol. The molecule has 0 aliphatic carbocycles. The largest absolute Gasteiger partial charge is 0.271 e. The first-order valence-corrected chi connectivity index (χ1v) is 7.64. The number of nitrogens with two attached hydrogens (primary N) is 1. The molecule has 17 heavy (non-hydrogen) atoms. The Labute approximate surface area is 110 Å². The van der Waals surface area contributed by atoms with Gasteiger partial charge < -0.3 is 0 Å². The summed E-state index contributed by atoms with van der Waals surface area (Å²) in [5.41, 5.74) is 3.26. The molecule has 0 fully saturated rings. The molecule has 0 bridgehead atoms. The average Bonchev–Trinajstić information content (AvgIpc) is 2.48. The molecule has 0 amide bonds. The van der Waals surface area contributed by atoms with Crippen LogP contribution in [0.5, 0.6) is 0 Å². The van der Waals surface area contributed by atoms with Gasteiger partial charge in [-0.15, -0.1) is 0 Å². The second-order valence-corrected chi connectivity index (χ2v) is 7.93. The van der Waals surface area contributed by atoms with Crippen molar-refractivity contribution in [2.24, 2.45) is 12.9 Å². The van der Waals surface area contributed by atoms with Gasteiger partial charge in [0.25, 0.3) is 0 Å². The Bertz CT molecular complexity index is 490. The first-order chi connectivity index (χ1) is 7.63. The van der Waals surface area contributed by atoms with Crippen LogP contribution in [-0.2, 0) is 16.9 Å². The van der Waals surface area contributed by atoms with Crippen molar-refractivity contribution in [3.8, 4) is 0 Å². The molecule has 0 aliphatic heterocycles. The minimum atomic E-state index is -3.28. The van der Waals surface area contributed by atoms with Crippen LogP contribution in [0.4, 0.5) is 0 Å². The molecule has 1 unspecified atom stereocenters. The minimum Gasteiger partial charge on any atom is -0.271 e. The maximum atomic E-state index is 11.8. The number of rotatable bonds is 4. The highest BCUT2D eigenvalue weighted by atomic mass is 79.9. The van der Waals surface area contributed by atoms with Gasteiger partial charge in [0, 0.05) is 13.3 Å². The van der Waals surface area contributed by atoms with Gasteiger partial charge in [-0.3, -0.25) is 10.5 Å². The third kappa shape index (κ3) is 2.54. The molecule has 0 saturated heterocycles. The first kappa shape index (κ1) is 14.6. The number of hydrogen-bond donors (Lipinski definition) is 2. The minimum absolute atomic E-state index is 0.556. The summed E-state index contributed by atoms with van der Waals surface area (Å²) in [6.45, 7) is 3.26. The lowest BCUT2D eigenvalue weighted by Gasteiger charge is -2.32. The van der Waals surface area contributed by atoms with Crippen molar-refractivity contribution < 1.29 is 8.42 Å². The lowest BCUT2D eigenvalue weighted by Crippen LogP contribution is -2.48. The molecule has 3 N–H and O–H groups in total. The molecule has 1 rings (SSSR count). The van der Waals surface area contributed by atoms with Crippen LogP contribution in [0.3, 0.4) is 0 Å². The van der Waals surface area contributed by atoms with E-state index in [1.165, 1.54) is 6.26 Å². The predicted octanol–water partition coefficient (Wildman–Crippen LogP) is 0.510. The van der Waals surface area contributed by atoms with Crippen LogP contribution in [0.15, 0.2) is 10.7 Å². The summed E-state index contributed by atoms with van der Waals surface area (Å²) in [5, 5.41) is 4.06. The van der Waals surface area contributed by atoms with E-state index >= 15 is 0 Å². The number of nitrogens with one attached hydrogen (secondary N) is 1. The van der Waals surface area contributed by atoms with Gasteiger partial charge in [-0.05, 0) is 29.8 Å². The van der Waals surface area contributed by atoms with Gasteiger partial charge in [0.2, 0.25) is 0 Å². The third-order valence-corrected chi connectivity index (χ3v) is 5.79. The van der Waals surface area contributed by atoms with Crippen LogP contribution in [0.25, 0.3) is 0 Å². The number of nitrogens with zero attached hydrogens (tertiary/aromatic N) is 2. The van der Waals surface area contributed by atoms with Crippen LogP contribution in [0, 0.1) is 0 Å². The second-order valence-electron chi connectivity index (χ2n) is 4.48. The SMILES string of the molecule is Cn1ncc(Br)c1C(NN)C(C)(C)S(C)(=O)=O. The van der Waals surface area contributed by atoms with Gasteiger partial charge in [0.1, 0.15) is 0 Å². The Morgan fingerprint density at radius 1 is 1.59 bits per heavy atom. The quantitative estimate of drug-likeness (QED) is 0.622. The van der Waals surface area contributed by atoms with Gasteiger partial charge >= 0.3 is 0 Å². The maximum Gasteiger partial charge on any atom is 0.154 e. The first-order valence-electron chi connectivity index (χ1n) is 4.96. The number of hydrogen-bond acceptors (Lipinski definition) is 5. The summed E-state index contributed by atoms with van der Waals surface area (Å²) < 4.78 is 24.9.